The van der Waals surface area contributed by atoms with Gasteiger partial charge in [0.15, 0.2) is 0 Å². The molecule has 0 saturated heterocycles. The van der Waals surface area contributed by atoms with Crippen LogP contribution in [0.25, 0.3) is 10.9 Å². The molecule has 7 heteroatoms. The van der Waals surface area contributed by atoms with E-state index < -0.39 is 0 Å². The van der Waals surface area contributed by atoms with Crippen LogP contribution in [0.3, 0.4) is 0 Å². The van der Waals surface area contributed by atoms with Crippen LogP contribution >= 0.6 is 0 Å². The van der Waals surface area contributed by atoms with E-state index in [9.17, 15) is 0 Å². The molecule has 5 nitrogen and oxygen atoms in total. The minimum atomic E-state index is -0.0746. The molecule has 0 N–H and O–H groups in total. The lowest BCUT2D eigenvalue weighted by Crippen LogP contribution is -2.66. The third kappa shape index (κ3) is 4.66. The Hall–Kier alpha value is -7.37. The summed E-state index contributed by atoms with van der Waals surface area (Å²) in [6, 6.07) is 66.4. The average molecular weight is 725 g/mol. The molecule has 5 heterocycles. The number of hydrogen-bond acceptors (Lipinski definition) is 5. The van der Waals surface area contributed by atoms with E-state index in [0.717, 1.165) is 45.0 Å². The number of benzene rings is 7. The molecule has 3 aliphatic heterocycles. The van der Waals surface area contributed by atoms with E-state index in [1.54, 1.807) is 0 Å². The molecule has 0 bridgehead atoms. The topological polar surface area (TPSA) is 35.5 Å². The molecule has 2 aromatic heterocycles. The lowest BCUT2D eigenvalue weighted by Gasteiger charge is -2.48. The van der Waals surface area contributed by atoms with Gasteiger partial charge in [-0.1, -0.05) is 127 Å². The Labute approximate surface area is 332 Å². The predicted molar refractivity (Wildman–Crippen MR) is 239 cm³/mol. The van der Waals surface area contributed by atoms with Crippen molar-refractivity contribution >= 4 is 108 Å². The molecule has 0 spiro atoms. The number of nitrogens with zero attached hydrogens (tertiary/aromatic N) is 5. The molecule has 0 unspecified atom stereocenters. The van der Waals surface area contributed by atoms with Gasteiger partial charge in [-0.25, -0.2) is 0 Å². The van der Waals surface area contributed by atoms with Crippen LogP contribution in [0.5, 0.6) is 0 Å². The van der Waals surface area contributed by atoms with Gasteiger partial charge in [-0.05, 0) is 88.0 Å². The van der Waals surface area contributed by atoms with Gasteiger partial charge in [0, 0.05) is 69.5 Å². The van der Waals surface area contributed by atoms with Crippen molar-refractivity contribution in [2.75, 3.05) is 14.7 Å². The van der Waals surface area contributed by atoms with Gasteiger partial charge in [-0.15, -0.1) is 0 Å². The zero-order valence-corrected chi connectivity index (χ0v) is 30.9. The summed E-state index contributed by atoms with van der Waals surface area (Å²) in [5.74, 6) is 0. The Kier molecular flexibility index (Phi) is 7.05. The van der Waals surface area contributed by atoms with Crippen LogP contribution in [-0.2, 0) is 0 Å². The second kappa shape index (κ2) is 12.6. The summed E-state index contributed by atoms with van der Waals surface area (Å²) in [5.41, 5.74) is 18.8. The molecule has 0 radical (unpaired) electrons. The first-order valence-corrected chi connectivity index (χ1v) is 19.6. The fourth-order valence-electron chi connectivity index (χ4n) is 9.81. The number of rotatable bonds is 4. The van der Waals surface area contributed by atoms with Crippen molar-refractivity contribution in [3.63, 3.8) is 0 Å². The lowest BCUT2D eigenvalue weighted by atomic mass is 9.30. The number of aromatic nitrogens is 2. The first-order valence-electron chi connectivity index (χ1n) is 19.6. The number of anilines is 9. The molecule has 0 amide bonds. The third-order valence-electron chi connectivity index (χ3n) is 12.0. The van der Waals surface area contributed by atoms with E-state index in [1.807, 2.05) is 24.7 Å². The second-order valence-corrected chi connectivity index (χ2v) is 14.9. The van der Waals surface area contributed by atoms with Crippen molar-refractivity contribution in [1.82, 2.24) is 9.97 Å². The monoisotopic (exact) mass is 725 g/mol. The first kappa shape index (κ1) is 31.9. The zero-order chi connectivity index (χ0) is 37.5. The maximum atomic E-state index is 5.05. The molecule has 264 valence electrons. The molecule has 0 atom stereocenters. The van der Waals surface area contributed by atoms with Crippen LogP contribution in [0.1, 0.15) is 0 Å². The molecule has 12 rings (SSSR count). The van der Waals surface area contributed by atoms with Gasteiger partial charge in [0.25, 0.3) is 6.71 Å². The van der Waals surface area contributed by atoms with E-state index in [4.69, 9.17) is 4.98 Å². The highest BCUT2D eigenvalue weighted by molar-refractivity contribution is 7.03. The van der Waals surface area contributed by atoms with E-state index in [2.05, 4.69) is 196 Å². The summed E-state index contributed by atoms with van der Waals surface area (Å²) in [7, 11) is 0. The molecular weight excluding hydrogens is 692 g/mol. The molecule has 7 aromatic carbocycles. The molecule has 3 aliphatic rings. The van der Waals surface area contributed by atoms with E-state index >= 15 is 0 Å². The Balaban J connectivity index is 1.30. The number of para-hydroxylation sites is 5. The standard InChI is InChI=1S/C50H33B2N5/c1-3-17-35(18-4-1)51-38-21-7-12-26-43(38)57(44-27-13-15-34-16-14-30-54-49(34)44)46-33-45-48-50(47(46)51)56(37-28-31-53-32-29-37)42-25-11-9-23-40(42)52(48)39-22-8-10-24-41(39)55(45)36-19-5-2-6-20-36/h1-33H. The molecular formula is C50H33B2N5. The normalized spacial score (nSPS) is 13.4. The van der Waals surface area contributed by atoms with Crippen molar-refractivity contribution in [3.05, 3.63) is 201 Å². The van der Waals surface area contributed by atoms with Gasteiger partial charge in [0.05, 0.1) is 11.2 Å². The fourth-order valence-corrected chi connectivity index (χ4v) is 9.81. The van der Waals surface area contributed by atoms with E-state index in [0.29, 0.717) is 0 Å². The number of fused-ring (bicyclic) bond motifs is 8. The second-order valence-electron chi connectivity index (χ2n) is 14.9. The van der Waals surface area contributed by atoms with Crippen LogP contribution < -0.4 is 47.5 Å². The molecule has 0 aliphatic carbocycles. The summed E-state index contributed by atoms with van der Waals surface area (Å²) in [6.07, 6.45) is 5.73. The maximum absolute atomic E-state index is 5.05. The predicted octanol–water partition coefficient (Wildman–Crippen LogP) is 8.01. The van der Waals surface area contributed by atoms with Crippen LogP contribution in [0, 0.1) is 0 Å². The van der Waals surface area contributed by atoms with Crippen molar-refractivity contribution in [1.29, 1.82) is 0 Å². The summed E-state index contributed by atoms with van der Waals surface area (Å²) in [5, 5.41) is 1.10. The third-order valence-corrected chi connectivity index (χ3v) is 12.0. The number of pyridine rings is 2. The summed E-state index contributed by atoms with van der Waals surface area (Å²) in [4.78, 5) is 17.0. The highest BCUT2D eigenvalue weighted by Crippen LogP contribution is 2.48. The van der Waals surface area contributed by atoms with Crippen LogP contribution in [-0.4, -0.2) is 23.4 Å². The summed E-state index contributed by atoms with van der Waals surface area (Å²) >= 11 is 0. The highest BCUT2D eigenvalue weighted by atomic mass is 15.2. The van der Waals surface area contributed by atoms with Gasteiger partial charge in [0.1, 0.15) is 0 Å². The average Bonchev–Trinajstić information content (AvgIpc) is 3.28. The van der Waals surface area contributed by atoms with Crippen molar-refractivity contribution in [2.24, 2.45) is 0 Å². The minimum Gasteiger partial charge on any atom is -0.312 e. The van der Waals surface area contributed by atoms with E-state index in [-0.39, 0.29) is 13.4 Å². The maximum Gasteiger partial charge on any atom is 0.252 e. The first-order chi connectivity index (χ1) is 28.3. The van der Waals surface area contributed by atoms with E-state index in [1.165, 1.54) is 49.8 Å². The highest BCUT2D eigenvalue weighted by Gasteiger charge is 2.48. The Morgan fingerprint density at radius 3 is 1.61 bits per heavy atom. The Morgan fingerprint density at radius 2 is 0.895 bits per heavy atom. The van der Waals surface area contributed by atoms with Crippen LogP contribution in [0.4, 0.5) is 51.2 Å². The van der Waals surface area contributed by atoms with Crippen molar-refractivity contribution in [2.45, 2.75) is 0 Å². The van der Waals surface area contributed by atoms with Gasteiger partial charge in [-0.2, -0.15) is 0 Å². The zero-order valence-electron chi connectivity index (χ0n) is 30.9. The van der Waals surface area contributed by atoms with Gasteiger partial charge in [0.2, 0.25) is 6.71 Å². The molecule has 57 heavy (non-hydrogen) atoms. The summed E-state index contributed by atoms with van der Waals surface area (Å²) in [6.45, 7) is -0.0819. The van der Waals surface area contributed by atoms with Gasteiger partial charge in [-0.3, -0.25) is 9.97 Å². The van der Waals surface area contributed by atoms with Crippen LogP contribution in [0.2, 0.25) is 0 Å². The lowest BCUT2D eigenvalue weighted by molar-refractivity contribution is 1.22. The molecule has 0 fully saturated rings. The largest absolute Gasteiger partial charge is 0.312 e. The molecule has 9 aromatic rings. The van der Waals surface area contributed by atoms with Crippen LogP contribution in [0.15, 0.2) is 201 Å². The fraction of sp³-hybridized carbons (Fsp3) is 0. The Morgan fingerprint density at radius 1 is 0.368 bits per heavy atom. The smallest absolute Gasteiger partial charge is 0.252 e. The van der Waals surface area contributed by atoms with Crippen molar-refractivity contribution in [3.8, 4) is 0 Å². The SMILES string of the molecule is c1ccc(B2c3ccccc3N(c3cccc4cccnc34)c3cc4c5c(c32)N(c2ccncc2)c2ccccc2B5c2ccccc2N4c2ccccc2)cc1. The molecule has 0 saturated carbocycles. The minimum absolute atomic E-state index is 0.00739. The number of hydrogen-bond donors (Lipinski definition) is 0. The van der Waals surface area contributed by atoms with Crippen molar-refractivity contribution < 1.29 is 0 Å². The quantitative estimate of drug-likeness (QED) is 0.172. The van der Waals surface area contributed by atoms with Gasteiger partial charge < -0.3 is 14.7 Å². The Bertz CT molecular complexity index is 3000. The summed E-state index contributed by atoms with van der Waals surface area (Å²) < 4.78 is 0. The van der Waals surface area contributed by atoms with Gasteiger partial charge >= 0.3 is 0 Å².